The van der Waals surface area contributed by atoms with E-state index >= 15 is 0 Å². The highest BCUT2D eigenvalue weighted by Crippen LogP contribution is 2.49. The van der Waals surface area contributed by atoms with Crippen molar-refractivity contribution in [3.05, 3.63) is 53.2 Å². The molecule has 0 aliphatic carbocycles. The molecule has 2 atom stereocenters. The Morgan fingerprint density at radius 1 is 0.923 bits per heavy atom. The molecule has 2 unspecified atom stereocenters. The molecule has 0 spiro atoms. The summed E-state index contributed by atoms with van der Waals surface area (Å²) in [5.74, 6) is 0. The molecule has 3 rings (SSSR count). The van der Waals surface area contributed by atoms with Crippen molar-refractivity contribution in [3.8, 4) is 11.3 Å². The van der Waals surface area contributed by atoms with Crippen molar-refractivity contribution in [2.75, 3.05) is 0 Å². The molecule has 0 amide bonds. The number of aryl methyl sites for hydroxylation is 2. The molecule has 0 fully saturated rings. The maximum Gasteiger partial charge on any atom is 0.213 e. The molecule has 0 radical (unpaired) electrons. The maximum absolute atomic E-state index is 2.57. The van der Waals surface area contributed by atoms with Crippen LogP contribution in [0.15, 0.2) is 36.5 Å². The maximum atomic E-state index is 2.57. The number of pyridine rings is 1. The summed E-state index contributed by atoms with van der Waals surface area (Å²) in [5.41, 5.74) is 7.47. The first-order valence-electron chi connectivity index (χ1n) is 10.6. The van der Waals surface area contributed by atoms with E-state index in [1.807, 2.05) is 0 Å². The lowest BCUT2D eigenvalue weighted by Crippen LogP contribution is -2.67. The van der Waals surface area contributed by atoms with Crippen LogP contribution in [0.2, 0.25) is 0 Å². The van der Waals surface area contributed by atoms with E-state index < -0.39 is 0 Å². The lowest BCUT2D eigenvalue weighted by molar-refractivity contribution is -0.765. The fourth-order valence-corrected chi connectivity index (χ4v) is 4.95. The molecule has 0 saturated heterocycles. The van der Waals surface area contributed by atoms with Crippen molar-refractivity contribution >= 4 is 0 Å². The van der Waals surface area contributed by atoms with Crippen molar-refractivity contribution in [3.63, 3.8) is 0 Å². The summed E-state index contributed by atoms with van der Waals surface area (Å²) >= 11 is 0. The lowest BCUT2D eigenvalue weighted by Gasteiger charge is -2.46. The summed E-state index contributed by atoms with van der Waals surface area (Å²) < 4.78 is 2.57. The Balaban J connectivity index is 2.21. The van der Waals surface area contributed by atoms with Gasteiger partial charge in [0.05, 0.1) is 11.0 Å². The standard InChI is InChI=1S/C25H36N/c1-7-10-11-12-20-13-14-22-21(18-20)23-17-19(4)15-16-26(23)25(6,9-3)24(22,5)8-2/h13-18H,7-12H2,1-6H3/q+1. The normalized spacial score (nSPS) is 24.2. The summed E-state index contributed by atoms with van der Waals surface area (Å²) in [4.78, 5) is 0. The van der Waals surface area contributed by atoms with Crippen LogP contribution in [0.25, 0.3) is 11.3 Å². The quantitative estimate of drug-likeness (QED) is 0.414. The fourth-order valence-electron chi connectivity index (χ4n) is 4.95. The Labute approximate surface area is 160 Å². The number of benzene rings is 1. The SMILES string of the molecule is CCCCCc1ccc2c(c1)-c1cc(C)cc[n+]1C(C)(CC)C2(C)CC. The van der Waals surface area contributed by atoms with Crippen molar-refractivity contribution in [2.45, 2.75) is 91.0 Å². The van der Waals surface area contributed by atoms with E-state index in [4.69, 9.17) is 0 Å². The summed E-state index contributed by atoms with van der Waals surface area (Å²) in [7, 11) is 0. The first-order chi connectivity index (χ1) is 12.4. The van der Waals surface area contributed by atoms with Gasteiger partial charge < -0.3 is 0 Å². The molecule has 1 heteroatoms. The first-order valence-corrected chi connectivity index (χ1v) is 10.6. The zero-order chi connectivity index (χ0) is 18.9. The molecule has 1 aliphatic rings. The molecule has 0 N–H and O–H groups in total. The average molecular weight is 351 g/mol. The van der Waals surface area contributed by atoms with Crippen molar-refractivity contribution in [1.29, 1.82) is 0 Å². The summed E-state index contributed by atoms with van der Waals surface area (Å²) in [6.45, 7) is 14.1. The summed E-state index contributed by atoms with van der Waals surface area (Å²) in [6.07, 6.45) is 9.71. The molecule has 1 aromatic heterocycles. The van der Waals surface area contributed by atoms with Gasteiger partial charge in [-0.15, -0.1) is 0 Å². The van der Waals surface area contributed by atoms with Gasteiger partial charge in [0.2, 0.25) is 5.69 Å². The van der Waals surface area contributed by atoms with Gasteiger partial charge in [0.25, 0.3) is 0 Å². The van der Waals surface area contributed by atoms with E-state index in [2.05, 4.69) is 82.6 Å². The topological polar surface area (TPSA) is 3.88 Å². The van der Waals surface area contributed by atoms with Crippen LogP contribution in [-0.2, 0) is 17.4 Å². The van der Waals surface area contributed by atoms with Gasteiger partial charge in [-0.3, -0.25) is 0 Å². The fraction of sp³-hybridized carbons (Fsp3) is 0.560. The second-order valence-electron chi connectivity index (χ2n) is 8.61. The number of hydrogen-bond acceptors (Lipinski definition) is 0. The molecule has 1 aromatic carbocycles. The third-order valence-corrected chi connectivity index (χ3v) is 7.25. The zero-order valence-electron chi connectivity index (χ0n) is 17.7. The van der Waals surface area contributed by atoms with Gasteiger partial charge in [-0.2, -0.15) is 4.57 Å². The smallest absolute Gasteiger partial charge is 0.192 e. The molecule has 140 valence electrons. The van der Waals surface area contributed by atoms with Crippen LogP contribution in [0.3, 0.4) is 0 Å². The predicted molar refractivity (Wildman–Crippen MR) is 112 cm³/mol. The number of unbranched alkanes of at least 4 members (excludes halogenated alkanes) is 2. The van der Waals surface area contributed by atoms with Crippen LogP contribution >= 0.6 is 0 Å². The minimum atomic E-state index is 0.0987. The summed E-state index contributed by atoms with van der Waals surface area (Å²) in [6, 6.07) is 12.0. The van der Waals surface area contributed by atoms with Crippen LogP contribution in [0.5, 0.6) is 0 Å². The van der Waals surface area contributed by atoms with Crippen LogP contribution in [-0.4, -0.2) is 0 Å². The minimum absolute atomic E-state index is 0.0987. The minimum Gasteiger partial charge on any atom is -0.192 e. The van der Waals surface area contributed by atoms with Crippen LogP contribution in [0.4, 0.5) is 0 Å². The number of fused-ring (bicyclic) bond motifs is 3. The van der Waals surface area contributed by atoms with E-state index in [1.165, 1.54) is 53.6 Å². The largest absolute Gasteiger partial charge is 0.213 e. The van der Waals surface area contributed by atoms with E-state index in [0.717, 1.165) is 12.8 Å². The highest BCUT2D eigenvalue weighted by atomic mass is 15.1. The van der Waals surface area contributed by atoms with Gasteiger partial charge in [-0.1, -0.05) is 45.7 Å². The Hall–Kier alpha value is -1.63. The molecule has 2 heterocycles. The van der Waals surface area contributed by atoms with Gasteiger partial charge in [0.15, 0.2) is 11.7 Å². The van der Waals surface area contributed by atoms with Crippen LogP contribution in [0.1, 0.15) is 83.4 Å². The van der Waals surface area contributed by atoms with Crippen molar-refractivity contribution in [1.82, 2.24) is 0 Å². The zero-order valence-corrected chi connectivity index (χ0v) is 17.7. The predicted octanol–water partition coefficient (Wildman–Crippen LogP) is 6.49. The van der Waals surface area contributed by atoms with Crippen molar-refractivity contribution < 1.29 is 4.57 Å². The Morgan fingerprint density at radius 2 is 1.69 bits per heavy atom. The first kappa shape index (κ1) is 19.1. The van der Waals surface area contributed by atoms with Gasteiger partial charge >= 0.3 is 0 Å². The van der Waals surface area contributed by atoms with E-state index in [0.29, 0.717) is 0 Å². The highest BCUT2D eigenvalue weighted by Gasteiger charge is 2.56. The van der Waals surface area contributed by atoms with E-state index in [1.54, 1.807) is 0 Å². The molecular weight excluding hydrogens is 314 g/mol. The number of rotatable bonds is 6. The average Bonchev–Trinajstić information content (AvgIpc) is 2.66. The second-order valence-corrected chi connectivity index (χ2v) is 8.61. The van der Waals surface area contributed by atoms with Crippen LogP contribution in [0, 0.1) is 6.92 Å². The molecular formula is C25H36N+. The Kier molecular flexibility index (Phi) is 5.28. The third-order valence-electron chi connectivity index (χ3n) is 7.25. The third kappa shape index (κ3) is 2.80. The molecule has 1 aliphatic heterocycles. The lowest BCUT2D eigenvalue weighted by atomic mass is 9.60. The van der Waals surface area contributed by atoms with E-state index in [9.17, 15) is 0 Å². The van der Waals surface area contributed by atoms with Gasteiger partial charge in [0, 0.05) is 25.5 Å². The summed E-state index contributed by atoms with van der Waals surface area (Å²) in [5, 5.41) is 0. The number of nitrogens with zero attached hydrogens (tertiary/aromatic N) is 1. The van der Waals surface area contributed by atoms with Gasteiger partial charge in [-0.25, -0.2) is 0 Å². The van der Waals surface area contributed by atoms with Gasteiger partial charge in [0.1, 0.15) is 0 Å². The molecule has 0 saturated carbocycles. The van der Waals surface area contributed by atoms with Gasteiger partial charge in [-0.05, 0) is 55.9 Å². The number of aromatic nitrogens is 1. The van der Waals surface area contributed by atoms with Crippen molar-refractivity contribution in [2.24, 2.45) is 0 Å². The molecule has 1 nitrogen and oxygen atoms in total. The Bertz CT molecular complexity index is 791. The monoisotopic (exact) mass is 350 g/mol. The molecule has 26 heavy (non-hydrogen) atoms. The highest BCUT2D eigenvalue weighted by molar-refractivity contribution is 5.67. The second kappa shape index (κ2) is 7.18. The number of hydrogen-bond donors (Lipinski definition) is 0. The van der Waals surface area contributed by atoms with E-state index in [-0.39, 0.29) is 11.0 Å². The van der Waals surface area contributed by atoms with Crippen LogP contribution < -0.4 is 4.57 Å². The molecule has 2 aromatic rings. The Morgan fingerprint density at radius 3 is 2.35 bits per heavy atom. The molecule has 0 bridgehead atoms.